The number of aliphatic hydroxyl groups excluding tert-OH is 1. The van der Waals surface area contributed by atoms with Crippen molar-refractivity contribution in [3.8, 4) is 11.5 Å². The number of hydrogen-bond acceptors (Lipinski definition) is 4. The number of benzene rings is 1. The van der Waals surface area contributed by atoms with Crippen LogP contribution in [0.2, 0.25) is 0 Å². The van der Waals surface area contributed by atoms with Crippen molar-refractivity contribution < 1.29 is 23.4 Å². The summed E-state index contributed by atoms with van der Waals surface area (Å²) >= 11 is 0. The summed E-state index contributed by atoms with van der Waals surface area (Å²) in [7, 11) is 1.34. The topological polar surface area (TPSA) is 64.7 Å². The van der Waals surface area contributed by atoms with Crippen molar-refractivity contribution in [2.45, 2.75) is 12.7 Å². The van der Waals surface area contributed by atoms with Crippen LogP contribution in [0.25, 0.3) is 0 Å². The van der Waals surface area contributed by atoms with E-state index in [1.807, 2.05) is 0 Å². The van der Waals surface area contributed by atoms with Gasteiger partial charge in [-0.15, -0.1) is 0 Å². The molecule has 1 rings (SSSR count). The van der Waals surface area contributed by atoms with Crippen LogP contribution in [-0.4, -0.2) is 25.4 Å². The zero-order valence-corrected chi connectivity index (χ0v) is 8.69. The average molecular weight is 233 g/mol. The highest BCUT2D eigenvalue weighted by atomic mass is 19.3. The maximum atomic E-state index is 12.1. The van der Waals surface area contributed by atoms with Crippen LogP contribution in [0.3, 0.4) is 0 Å². The first-order chi connectivity index (χ1) is 7.58. The predicted molar refractivity (Wildman–Crippen MR) is 53.6 cm³/mol. The summed E-state index contributed by atoms with van der Waals surface area (Å²) in [6.07, 6.45) is -0.911. The number of hydrogen-bond donors (Lipinski definition) is 2. The lowest BCUT2D eigenvalue weighted by Gasteiger charge is -2.13. The summed E-state index contributed by atoms with van der Waals surface area (Å²) in [5.41, 5.74) is 5.66. The van der Waals surface area contributed by atoms with Gasteiger partial charge in [-0.25, -0.2) is 0 Å². The molecule has 4 nitrogen and oxygen atoms in total. The molecule has 0 bridgehead atoms. The van der Waals surface area contributed by atoms with Crippen molar-refractivity contribution in [2.75, 3.05) is 13.7 Å². The van der Waals surface area contributed by atoms with E-state index in [0.29, 0.717) is 5.56 Å². The van der Waals surface area contributed by atoms with E-state index in [-0.39, 0.29) is 18.0 Å². The van der Waals surface area contributed by atoms with Gasteiger partial charge in [-0.05, 0) is 17.7 Å². The third kappa shape index (κ3) is 3.04. The molecule has 1 aromatic rings. The van der Waals surface area contributed by atoms with Crippen LogP contribution in [-0.2, 0) is 0 Å². The molecule has 3 N–H and O–H groups in total. The van der Waals surface area contributed by atoms with Crippen LogP contribution in [0.15, 0.2) is 18.2 Å². The zero-order chi connectivity index (χ0) is 12.1. The van der Waals surface area contributed by atoms with Gasteiger partial charge in [-0.3, -0.25) is 0 Å². The van der Waals surface area contributed by atoms with Gasteiger partial charge in [0.1, 0.15) is 0 Å². The summed E-state index contributed by atoms with van der Waals surface area (Å²) in [4.78, 5) is 0. The van der Waals surface area contributed by atoms with Gasteiger partial charge >= 0.3 is 6.61 Å². The molecule has 90 valence electrons. The van der Waals surface area contributed by atoms with Crippen LogP contribution in [0.4, 0.5) is 8.78 Å². The summed E-state index contributed by atoms with van der Waals surface area (Å²) in [6.45, 7) is -2.94. The van der Waals surface area contributed by atoms with E-state index in [9.17, 15) is 13.9 Å². The molecule has 0 saturated heterocycles. The zero-order valence-electron chi connectivity index (χ0n) is 8.69. The Labute approximate surface area is 91.6 Å². The first-order valence-electron chi connectivity index (χ1n) is 4.59. The number of aliphatic hydroxyl groups is 1. The van der Waals surface area contributed by atoms with Gasteiger partial charge in [0.25, 0.3) is 0 Å². The number of rotatable bonds is 5. The second-order valence-corrected chi connectivity index (χ2v) is 3.04. The Balaban J connectivity index is 3.00. The fourth-order valence-corrected chi connectivity index (χ4v) is 1.22. The van der Waals surface area contributed by atoms with E-state index in [1.165, 1.54) is 25.3 Å². The van der Waals surface area contributed by atoms with E-state index < -0.39 is 12.7 Å². The summed E-state index contributed by atoms with van der Waals surface area (Å²) < 4.78 is 33.3. The van der Waals surface area contributed by atoms with Gasteiger partial charge in [0, 0.05) is 6.54 Å². The quantitative estimate of drug-likeness (QED) is 0.804. The average Bonchev–Trinajstić information content (AvgIpc) is 2.27. The molecule has 0 aliphatic carbocycles. The number of nitrogens with two attached hydrogens (primary N) is 1. The SMILES string of the molecule is COc1ccc(C(O)CN)cc1OC(F)F. The standard InChI is InChI=1S/C10H13F2NO3/c1-15-8-3-2-6(7(14)5-13)4-9(8)16-10(11)12/h2-4,7,10,14H,5,13H2,1H3. The fourth-order valence-electron chi connectivity index (χ4n) is 1.22. The molecule has 0 fully saturated rings. The third-order valence-corrected chi connectivity index (χ3v) is 2.01. The number of ether oxygens (including phenoxy) is 2. The molecule has 0 aliphatic heterocycles. The minimum atomic E-state index is -2.95. The van der Waals surface area contributed by atoms with Crippen molar-refractivity contribution in [1.29, 1.82) is 0 Å². The van der Waals surface area contributed by atoms with Gasteiger partial charge in [-0.2, -0.15) is 8.78 Å². The van der Waals surface area contributed by atoms with Crippen molar-refractivity contribution in [3.05, 3.63) is 23.8 Å². The molecule has 0 spiro atoms. The Morgan fingerprint density at radius 2 is 2.06 bits per heavy atom. The molecule has 0 radical (unpaired) electrons. The molecule has 16 heavy (non-hydrogen) atoms. The van der Waals surface area contributed by atoms with Gasteiger partial charge in [0.05, 0.1) is 13.2 Å². The highest BCUT2D eigenvalue weighted by Crippen LogP contribution is 2.31. The Morgan fingerprint density at radius 3 is 2.56 bits per heavy atom. The van der Waals surface area contributed by atoms with Crippen molar-refractivity contribution in [2.24, 2.45) is 5.73 Å². The number of halogens is 2. The monoisotopic (exact) mass is 233 g/mol. The Bertz CT molecular complexity index is 347. The highest BCUT2D eigenvalue weighted by Gasteiger charge is 2.13. The molecular weight excluding hydrogens is 220 g/mol. The van der Waals surface area contributed by atoms with Gasteiger partial charge in [-0.1, -0.05) is 6.07 Å². The van der Waals surface area contributed by atoms with Crippen molar-refractivity contribution in [3.63, 3.8) is 0 Å². The molecule has 1 unspecified atom stereocenters. The van der Waals surface area contributed by atoms with Crippen molar-refractivity contribution in [1.82, 2.24) is 0 Å². The molecule has 0 aromatic heterocycles. The first-order valence-corrected chi connectivity index (χ1v) is 4.59. The Hall–Kier alpha value is -1.40. The fraction of sp³-hybridized carbons (Fsp3) is 0.400. The lowest BCUT2D eigenvalue weighted by molar-refractivity contribution is -0.0513. The predicted octanol–water partition coefficient (Wildman–Crippen LogP) is 1.29. The molecular formula is C10H13F2NO3. The van der Waals surface area contributed by atoms with Crippen LogP contribution < -0.4 is 15.2 Å². The van der Waals surface area contributed by atoms with Crippen LogP contribution in [0.1, 0.15) is 11.7 Å². The second kappa shape index (κ2) is 5.62. The van der Waals surface area contributed by atoms with E-state index in [2.05, 4.69) is 4.74 Å². The van der Waals surface area contributed by atoms with E-state index in [4.69, 9.17) is 10.5 Å². The maximum absolute atomic E-state index is 12.1. The van der Waals surface area contributed by atoms with Gasteiger partial charge in [0.15, 0.2) is 11.5 Å². The summed E-state index contributed by atoms with van der Waals surface area (Å²) in [5.74, 6) is 0.0516. The Kier molecular flexibility index (Phi) is 4.45. The molecule has 0 amide bonds. The molecule has 1 atom stereocenters. The number of methoxy groups -OCH3 is 1. The molecule has 0 heterocycles. The van der Waals surface area contributed by atoms with Crippen LogP contribution in [0, 0.1) is 0 Å². The van der Waals surface area contributed by atoms with Gasteiger partial charge < -0.3 is 20.3 Å². The Morgan fingerprint density at radius 1 is 1.38 bits per heavy atom. The normalized spacial score (nSPS) is 12.6. The highest BCUT2D eigenvalue weighted by molar-refractivity contribution is 5.43. The first kappa shape index (κ1) is 12.7. The van der Waals surface area contributed by atoms with Gasteiger partial charge in [0.2, 0.25) is 0 Å². The minimum Gasteiger partial charge on any atom is -0.493 e. The molecule has 0 aliphatic rings. The lowest BCUT2D eigenvalue weighted by atomic mass is 10.1. The molecule has 6 heteroatoms. The van der Waals surface area contributed by atoms with Crippen LogP contribution in [0.5, 0.6) is 11.5 Å². The number of alkyl halides is 2. The van der Waals surface area contributed by atoms with E-state index in [0.717, 1.165) is 0 Å². The largest absolute Gasteiger partial charge is 0.493 e. The van der Waals surface area contributed by atoms with E-state index in [1.54, 1.807) is 0 Å². The third-order valence-electron chi connectivity index (χ3n) is 2.01. The molecule has 0 saturated carbocycles. The lowest BCUT2D eigenvalue weighted by Crippen LogP contribution is -2.12. The maximum Gasteiger partial charge on any atom is 0.387 e. The van der Waals surface area contributed by atoms with Crippen molar-refractivity contribution >= 4 is 0 Å². The second-order valence-electron chi connectivity index (χ2n) is 3.04. The smallest absolute Gasteiger partial charge is 0.387 e. The molecule has 1 aromatic carbocycles. The summed E-state index contributed by atoms with van der Waals surface area (Å²) in [6, 6.07) is 4.25. The van der Waals surface area contributed by atoms with Crippen LogP contribution >= 0.6 is 0 Å². The summed E-state index contributed by atoms with van der Waals surface area (Å²) in [5, 5.41) is 9.44. The van der Waals surface area contributed by atoms with E-state index >= 15 is 0 Å². The minimum absolute atomic E-state index is 0.000444.